The van der Waals surface area contributed by atoms with Crippen LogP contribution in [0.4, 0.5) is 0 Å². The van der Waals surface area contributed by atoms with Crippen LogP contribution < -0.4 is 14.2 Å². The Hall–Kier alpha value is -4.91. The number of nitrogens with zero attached hydrogens (tertiary/aromatic N) is 2. The van der Waals surface area contributed by atoms with Gasteiger partial charge in [-0.05, 0) is 84.8 Å². The van der Waals surface area contributed by atoms with Crippen molar-refractivity contribution in [3.8, 4) is 40.2 Å². The average molecular weight is 591 g/mol. The van der Waals surface area contributed by atoms with Gasteiger partial charge >= 0.3 is 5.97 Å². The van der Waals surface area contributed by atoms with Crippen LogP contribution in [0.2, 0.25) is 0 Å². The Labute approximate surface area is 258 Å². The minimum Gasteiger partial charge on any atom is -0.494 e. The van der Waals surface area contributed by atoms with Gasteiger partial charge in [0.1, 0.15) is 23.9 Å². The van der Waals surface area contributed by atoms with Crippen molar-refractivity contribution in [3.63, 3.8) is 0 Å². The molecular weight excluding hydrogens is 552 g/mol. The molecule has 1 heterocycles. The highest BCUT2D eigenvalue weighted by molar-refractivity contribution is 5.91. The van der Waals surface area contributed by atoms with Gasteiger partial charge in [-0.15, -0.1) is 10.2 Å². The Morgan fingerprint density at radius 2 is 1.16 bits per heavy atom. The first-order valence-electron chi connectivity index (χ1n) is 15.3. The monoisotopic (exact) mass is 590 g/mol. The summed E-state index contributed by atoms with van der Waals surface area (Å²) < 4.78 is 23.1. The summed E-state index contributed by atoms with van der Waals surface area (Å²) in [5, 5.41) is 8.38. The van der Waals surface area contributed by atoms with Crippen LogP contribution in [0.1, 0.15) is 67.8 Å². The van der Waals surface area contributed by atoms with Crippen molar-refractivity contribution in [2.24, 2.45) is 0 Å². The molecule has 5 rings (SSSR count). The van der Waals surface area contributed by atoms with Gasteiger partial charge in [-0.2, -0.15) is 0 Å². The highest BCUT2D eigenvalue weighted by Crippen LogP contribution is 2.27. The van der Waals surface area contributed by atoms with E-state index in [0.717, 1.165) is 29.0 Å². The zero-order chi connectivity index (χ0) is 30.4. The Bertz CT molecular complexity index is 1560. The number of hydrogen-bond donors (Lipinski definition) is 0. The summed E-state index contributed by atoms with van der Waals surface area (Å²) in [5.74, 6) is 2.26. The molecule has 0 aliphatic heterocycles. The normalized spacial score (nSPS) is 10.8. The van der Waals surface area contributed by atoms with Crippen LogP contribution in [0.25, 0.3) is 22.9 Å². The summed E-state index contributed by atoms with van der Waals surface area (Å²) in [6, 6.07) is 31.6. The van der Waals surface area contributed by atoms with Gasteiger partial charge in [0.25, 0.3) is 0 Å². The number of rotatable bonds is 16. The molecule has 0 unspecified atom stereocenters. The van der Waals surface area contributed by atoms with E-state index < -0.39 is 5.97 Å². The molecule has 0 spiro atoms. The fourth-order valence-corrected chi connectivity index (χ4v) is 4.66. The molecule has 0 bridgehead atoms. The summed E-state index contributed by atoms with van der Waals surface area (Å²) >= 11 is 0. The molecule has 0 fully saturated rings. The van der Waals surface area contributed by atoms with Crippen molar-refractivity contribution >= 4 is 5.97 Å². The Kier molecular flexibility index (Phi) is 11.2. The second-order valence-corrected chi connectivity index (χ2v) is 10.6. The van der Waals surface area contributed by atoms with Crippen molar-refractivity contribution in [2.45, 2.75) is 58.5 Å². The lowest BCUT2D eigenvalue weighted by molar-refractivity contribution is 0.0734. The lowest BCUT2D eigenvalue weighted by Gasteiger charge is -2.08. The lowest BCUT2D eigenvalue weighted by Crippen LogP contribution is -2.08. The molecule has 0 saturated heterocycles. The largest absolute Gasteiger partial charge is 0.494 e. The van der Waals surface area contributed by atoms with Crippen LogP contribution >= 0.6 is 0 Å². The summed E-state index contributed by atoms with van der Waals surface area (Å²) in [5.41, 5.74) is 3.06. The highest BCUT2D eigenvalue weighted by Gasteiger charge is 2.13. The Morgan fingerprint density at radius 3 is 1.80 bits per heavy atom. The molecule has 44 heavy (non-hydrogen) atoms. The van der Waals surface area contributed by atoms with E-state index in [1.54, 1.807) is 48.5 Å². The number of unbranched alkanes of at least 4 members (excludes halogenated alkanes) is 6. The van der Waals surface area contributed by atoms with Gasteiger partial charge < -0.3 is 18.6 Å². The maximum atomic E-state index is 12.7. The molecule has 5 aromatic rings. The molecule has 1 aromatic heterocycles. The zero-order valence-electron chi connectivity index (χ0n) is 25.1. The number of esters is 1. The molecule has 0 aliphatic carbocycles. The van der Waals surface area contributed by atoms with Gasteiger partial charge in [0.2, 0.25) is 11.8 Å². The van der Waals surface area contributed by atoms with E-state index >= 15 is 0 Å². The molecule has 0 atom stereocenters. The fraction of sp³-hybridized carbons (Fsp3) is 0.270. The van der Waals surface area contributed by atoms with Crippen LogP contribution in [0.3, 0.4) is 0 Å². The SMILES string of the molecule is CCCCCCCCCOc1ccc(C(=O)Oc2ccc(-c3nnc(-c4ccc(OCc5ccccc5)cc4)o3)cc2)cc1. The maximum absolute atomic E-state index is 12.7. The molecule has 226 valence electrons. The third-order valence-corrected chi connectivity index (χ3v) is 7.19. The Morgan fingerprint density at radius 1 is 0.614 bits per heavy atom. The number of carbonyl (C=O) groups is 1. The molecule has 0 amide bonds. The van der Waals surface area contributed by atoms with Gasteiger partial charge in [0, 0.05) is 11.1 Å². The molecule has 7 heteroatoms. The molecule has 0 aliphatic rings. The predicted octanol–water partition coefficient (Wildman–Crippen LogP) is 9.33. The third kappa shape index (κ3) is 9.04. The lowest BCUT2D eigenvalue weighted by atomic mass is 10.1. The molecule has 0 radical (unpaired) electrons. The van der Waals surface area contributed by atoms with Crippen LogP contribution in [-0.4, -0.2) is 22.8 Å². The van der Waals surface area contributed by atoms with Crippen molar-refractivity contribution in [1.82, 2.24) is 10.2 Å². The van der Waals surface area contributed by atoms with Crippen LogP contribution in [0.15, 0.2) is 108 Å². The maximum Gasteiger partial charge on any atom is 0.343 e. The van der Waals surface area contributed by atoms with Gasteiger partial charge in [-0.3, -0.25) is 0 Å². The molecule has 7 nitrogen and oxygen atoms in total. The van der Waals surface area contributed by atoms with Gasteiger partial charge in [-0.1, -0.05) is 75.8 Å². The summed E-state index contributed by atoms with van der Waals surface area (Å²) in [6.45, 7) is 3.41. The van der Waals surface area contributed by atoms with E-state index in [1.165, 1.54) is 38.5 Å². The number of ether oxygens (including phenoxy) is 3. The van der Waals surface area contributed by atoms with Crippen LogP contribution in [0, 0.1) is 0 Å². The second-order valence-electron chi connectivity index (χ2n) is 10.6. The van der Waals surface area contributed by atoms with Crippen molar-refractivity contribution in [2.75, 3.05) is 6.61 Å². The molecule has 4 aromatic carbocycles. The van der Waals surface area contributed by atoms with Crippen molar-refractivity contribution in [1.29, 1.82) is 0 Å². The first kappa shape index (κ1) is 30.5. The second kappa shape index (κ2) is 16.1. The highest BCUT2D eigenvalue weighted by atomic mass is 16.5. The smallest absolute Gasteiger partial charge is 0.343 e. The average Bonchev–Trinajstić information content (AvgIpc) is 3.57. The van der Waals surface area contributed by atoms with E-state index in [4.69, 9.17) is 18.6 Å². The Balaban J connectivity index is 1.08. The molecular formula is C37H38N2O5. The van der Waals surface area contributed by atoms with Gasteiger partial charge in [-0.25, -0.2) is 4.79 Å². The third-order valence-electron chi connectivity index (χ3n) is 7.19. The van der Waals surface area contributed by atoms with Crippen molar-refractivity contribution in [3.05, 3.63) is 114 Å². The topological polar surface area (TPSA) is 83.7 Å². The summed E-state index contributed by atoms with van der Waals surface area (Å²) in [4.78, 5) is 12.7. The number of carbonyl (C=O) groups excluding carboxylic acids is 1. The van der Waals surface area contributed by atoms with Crippen LogP contribution in [0.5, 0.6) is 17.2 Å². The summed E-state index contributed by atoms with van der Waals surface area (Å²) in [7, 11) is 0. The van der Waals surface area contributed by atoms with Gasteiger partial charge in [0.05, 0.1) is 12.2 Å². The minimum absolute atomic E-state index is 0.370. The van der Waals surface area contributed by atoms with Gasteiger partial charge in [0.15, 0.2) is 0 Å². The zero-order valence-corrected chi connectivity index (χ0v) is 25.1. The van der Waals surface area contributed by atoms with E-state index in [0.29, 0.717) is 41.9 Å². The predicted molar refractivity (Wildman–Crippen MR) is 171 cm³/mol. The quantitative estimate of drug-likeness (QED) is 0.0643. The number of aromatic nitrogens is 2. The fourth-order valence-electron chi connectivity index (χ4n) is 4.66. The molecule has 0 saturated carbocycles. The first-order chi connectivity index (χ1) is 21.7. The van der Waals surface area contributed by atoms with Crippen LogP contribution in [-0.2, 0) is 6.61 Å². The minimum atomic E-state index is -0.437. The van der Waals surface area contributed by atoms with E-state index in [1.807, 2.05) is 54.6 Å². The number of benzene rings is 4. The van der Waals surface area contributed by atoms with E-state index in [2.05, 4.69) is 17.1 Å². The standard InChI is InChI=1S/C37H38N2O5/c1-2-3-4-5-6-7-11-26-41-32-22-18-31(19-23-32)37(40)43-34-24-16-30(17-25-34)36-39-38-35(44-36)29-14-20-33(21-15-29)42-27-28-12-9-8-10-13-28/h8-10,12-25H,2-7,11,26-27H2,1H3. The van der Waals surface area contributed by atoms with E-state index in [-0.39, 0.29) is 0 Å². The molecule has 0 N–H and O–H groups in total. The van der Waals surface area contributed by atoms with Crippen molar-refractivity contribution < 1.29 is 23.4 Å². The van der Waals surface area contributed by atoms with E-state index in [9.17, 15) is 4.79 Å². The summed E-state index contributed by atoms with van der Waals surface area (Å²) in [6.07, 6.45) is 8.68. The number of hydrogen-bond acceptors (Lipinski definition) is 7. The first-order valence-corrected chi connectivity index (χ1v) is 15.3.